The van der Waals surface area contributed by atoms with Gasteiger partial charge in [-0.2, -0.15) is 0 Å². The van der Waals surface area contributed by atoms with Gasteiger partial charge in [-0.3, -0.25) is 4.57 Å². The quantitative estimate of drug-likeness (QED) is 0.637. The fourth-order valence-corrected chi connectivity index (χ4v) is 2.88. The third-order valence-electron chi connectivity index (χ3n) is 3.36. The number of hydrogen-bond acceptors (Lipinski definition) is 1. The van der Waals surface area contributed by atoms with Crippen molar-refractivity contribution >= 4 is 34.2 Å². The number of alkyl halides is 1. The Hall–Kier alpha value is -1.51. The number of para-hydroxylation sites is 2. The number of halogens is 2. The van der Waals surface area contributed by atoms with Crippen LogP contribution in [-0.2, 0) is 6.42 Å². The Morgan fingerprint density at radius 3 is 2.65 bits per heavy atom. The normalized spacial score (nSPS) is 11.2. The molecule has 0 saturated carbocycles. The maximum atomic E-state index is 6.36. The first-order chi connectivity index (χ1) is 9.72. The van der Waals surface area contributed by atoms with E-state index in [1.807, 2.05) is 36.4 Å². The van der Waals surface area contributed by atoms with Crippen molar-refractivity contribution in [2.75, 3.05) is 5.88 Å². The molecule has 20 heavy (non-hydrogen) atoms. The zero-order chi connectivity index (χ0) is 14.1. The molecule has 0 N–H and O–H groups in total. The van der Waals surface area contributed by atoms with E-state index in [0.29, 0.717) is 17.3 Å². The van der Waals surface area contributed by atoms with E-state index in [9.17, 15) is 0 Å². The van der Waals surface area contributed by atoms with Gasteiger partial charge >= 0.3 is 0 Å². The lowest BCUT2D eigenvalue weighted by Crippen LogP contribution is -2.03. The summed E-state index contributed by atoms with van der Waals surface area (Å²) in [5, 5.41) is 0.714. The van der Waals surface area contributed by atoms with E-state index in [2.05, 4.69) is 17.6 Å². The van der Waals surface area contributed by atoms with Crippen LogP contribution in [0.4, 0.5) is 0 Å². The van der Waals surface area contributed by atoms with Crippen LogP contribution in [0.1, 0.15) is 11.4 Å². The van der Waals surface area contributed by atoms with Gasteiger partial charge in [-0.15, -0.1) is 11.6 Å². The first-order valence-electron chi connectivity index (χ1n) is 6.50. The molecule has 2 nitrogen and oxygen atoms in total. The van der Waals surface area contributed by atoms with Gasteiger partial charge < -0.3 is 0 Å². The summed E-state index contributed by atoms with van der Waals surface area (Å²) in [7, 11) is 0. The van der Waals surface area contributed by atoms with E-state index in [1.165, 1.54) is 5.56 Å². The summed E-state index contributed by atoms with van der Waals surface area (Å²) >= 11 is 12.3. The summed E-state index contributed by atoms with van der Waals surface area (Å²) in [4.78, 5) is 4.70. The number of aryl methyl sites for hydroxylation is 2. The van der Waals surface area contributed by atoms with Gasteiger partial charge in [0, 0.05) is 12.3 Å². The lowest BCUT2D eigenvalue weighted by molar-refractivity contribution is 0.911. The van der Waals surface area contributed by atoms with Crippen LogP contribution in [0.3, 0.4) is 0 Å². The minimum Gasteiger partial charge on any atom is -0.294 e. The fourth-order valence-electron chi connectivity index (χ4n) is 2.49. The van der Waals surface area contributed by atoms with Gasteiger partial charge in [0.25, 0.3) is 0 Å². The van der Waals surface area contributed by atoms with Crippen molar-refractivity contribution in [2.24, 2.45) is 0 Å². The van der Waals surface area contributed by atoms with Crippen LogP contribution in [0.25, 0.3) is 16.7 Å². The highest BCUT2D eigenvalue weighted by Gasteiger charge is 2.15. The standard InChI is InChI=1S/C16H14Cl2N2/c1-11-5-4-7-13-16(11)20(15(19-13)9-10-17)14-8-3-2-6-12(14)18/h2-8H,9-10H2,1H3. The second-order valence-electron chi connectivity index (χ2n) is 4.70. The minimum atomic E-state index is 0.535. The molecule has 0 spiro atoms. The maximum absolute atomic E-state index is 6.36. The largest absolute Gasteiger partial charge is 0.294 e. The molecule has 0 saturated heterocycles. The van der Waals surface area contributed by atoms with Gasteiger partial charge in [-0.1, -0.05) is 35.9 Å². The number of aromatic nitrogens is 2. The first-order valence-corrected chi connectivity index (χ1v) is 7.41. The highest BCUT2D eigenvalue weighted by atomic mass is 35.5. The molecule has 1 aromatic heterocycles. The molecule has 0 radical (unpaired) electrons. The van der Waals surface area contributed by atoms with Gasteiger partial charge in [0.1, 0.15) is 5.82 Å². The predicted octanol–water partition coefficient (Wildman–Crippen LogP) is 4.77. The van der Waals surface area contributed by atoms with Crippen molar-refractivity contribution in [3.05, 3.63) is 58.9 Å². The molecule has 0 atom stereocenters. The summed E-state index contributed by atoms with van der Waals surface area (Å²) in [5.74, 6) is 1.48. The molecule has 0 fully saturated rings. The Morgan fingerprint density at radius 2 is 1.90 bits per heavy atom. The Labute approximate surface area is 128 Å². The van der Waals surface area contributed by atoms with Crippen molar-refractivity contribution in [1.29, 1.82) is 0 Å². The van der Waals surface area contributed by atoms with E-state index >= 15 is 0 Å². The lowest BCUT2D eigenvalue weighted by Gasteiger charge is -2.11. The molecule has 0 bridgehead atoms. The molecule has 0 aliphatic rings. The van der Waals surface area contributed by atoms with E-state index in [0.717, 1.165) is 22.5 Å². The summed E-state index contributed by atoms with van der Waals surface area (Å²) in [6.07, 6.45) is 0.709. The molecule has 0 amide bonds. The monoisotopic (exact) mass is 304 g/mol. The smallest absolute Gasteiger partial charge is 0.115 e. The van der Waals surface area contributed by atoms with Crippen molar-refractivity contribution in [2.45, 2.75) is 13.3 Å². The molecule has 0 aliphatic heterocycles. The fraction of sp³-hybridized carbons (Fsp3) is 0.188. The van der Waals surface area contributed by atoms with Crippen LogP contribution in [0.2, 0.25) is 5.02 Å². The molecule has 3 aromatic rings. The van der Waals surface area contributed by atoms with E-state index in [1.54, 1.807) is 0 Å². The molecular formula is C16H14Cl2N2. The Kier molecular flexibility index (Phi) is 3.68. The molecular weight excluding hydrogens is 291 g/mol. The Morgan fingerprint density at radius 1 is 1.10 bits per heavy atom. The van der Waals surface area contributed by atoms with Crippen molar-refractivity contribution in [3.8, 4) is 5.69 Å². The highest BCUT2D eigenvalue weighted by Crippen LogP contribution is 2.28. The predicted molar refractivity (Wildman–Crippen MR) is 85.2 cm³/mol. The average Bonchev–Trinajstić information content (AvgIpc) is 2.79. The maximum Gasteiger partial charge on any atom is 0.115 e. The van der Waals surface area contributed by atoms with Gasteiger partial charge in [-0.05, 0) is 30.7 Å². The second kappa shape index (κ2) is 5.47. The Balaban J connectivity index is 2.37. The van der Waals surface area contributed by atoms with Crippen LogP contribution in [-0.4, -0.2) is 15.4 Å². The van der Waals surface area contributed by atoms with Crippen molar-refractivity contribution in [3.63, 3.8) is 0 Å². The third-order valence-corrected chi connectivity index (χ3v) is 3.87. The third kappa shape index (κ3) is 2.19. The van der Waals surface area contributed by atoms with Crippen LogP contribution in [0, 0.1) is 6.92 Å². The molecule has 3 rings (SSSR count). The first kappa shape index (κ1) is 13.5. The summed E-state index contributed by atoms with van der Waals surface area (Å²) in [6.45, 7) is 2.09. The highest BCUT2D eigenvalue weighted by molar-refractivity contribution is 6.32. The summed E-state index contributed by atoms with van der Waals surface area (Å²) in [6, 6.07) is 13.9. The number of nitrogens with zero attached hydrogens (tertiary/aromatic N) is 2. The molecule has 4 heteroatoms. The summed E-state index contributed by atoms with van der Waals surface area (Å²) < 4.78 is 2.12. The lowest BCUT2D eigenvalue weighted by atomic mass is 10.2. The van der Waals surface area contributed by atoms with Crippen LogP contribution in [0.15, 0.2) is 42.5 Å². The average molecular weight is 305 g/mol. The van der Waals surface area contributed by atoms with E-state index in [4.69, 9.17) is 28.2 Å². The topological polar surface area (TPSA) is 17.8 Å². The number of fused-ring (bicyclic) bond motifs is 1. The number of imidazole rings is 1. The number of benzene rings is 2. The molecule has 0 unspecified atom stereocenters. The van der Waals surface area contributed by atoms with Crippen LogP contribution < -0.4 is 0 Å². The van der Waals surface area contributed by atoms with Crippen LogP contribution in [0.5, 0.6) is 0 Å². The Bertz CT molecular complexity index is 762. The summed E-state index contributed by atoms with van der Waals surface area (Å²) in [5.41, 5.74) is 4.20. The minimum absolute atomic E-state index is 0.535. The molecule has 1 heterocycles. The van der Waals surface area contributed by atoms with Crippen molar-refractivity contribution < 1.29 is 0 Å². The second-order valence-corrected chi connectivity index (χ2v) is 5.48. The van der Waals surface area contributed by atoms with Gasteiger partial charge in [0.15, 0.2) is 0 Å². The number of rotatable bonds is 3. The van der Waals surface area contributed by atoms with E-state index < -0.39 is 0 Å². The molecule has 2 aromatic carbocycles. The molecule has 102 valence electrons. The van der Waals surface area contributed by atoms with Crippen molar-refractivity contribution in [1.82, 2.24) is 9.55 Å². The zero-order valence-electron chi connectivity index (χ0n) is 11.1. The SMILES string of the molecule is Cc1cccc2nc(CCCl)n(-c3ccccc3Cl)c12. The number of hydrogen-bond donors (Lipinski definition) is 0. The molecule has 0 aliphatic carbocycles. The van der Waals surface area contributed by atoms with Crippen LogP contribution >= 0.6 is 23.2 Å². The van der Waals surface area contributed by atoms with Gasteiger partial charge in [0.2, 0.25) is 0 Å². The van der Waals surface area contributed by atoms with Gasteiger partial charge in [0.05, 0.1) is 21.7 Å². The van der Waals surface area contributed by atoms with Gasteiger partial charge in [-0.25, -0.2) is 4.98 Å². The zero-order valence-corrected chi connectivity index (χ0v) is 12.6. The van der Waals surface area contributed by atoms with E-state index in [-0.39, 0.29) is 0 Å².